The summed E-state index contributed by atoms with van der Waals surface area (Å²) in [5.74, 6) is 1.97. The van der Waals surface area contributed by atoms with E-state index in [2.05, 4.69) is 27.9 Å². The zero-order chi connectivity index (χ0) is 17.2. The van der Waals surface area contributed by atoms with Gasteiger partial charge in [-0.3, -0.25) is 9.79 Å². The molecule has 1 amide bonds. The van der Waals surface area contributed by atoms with Gasteiger partial charge in [0.05, 0.1) is 0 Å². The topological polar surface area (TPSA) is 65.5 Å². The van der Waals surface area contributed by atoms with Gasteiger partial charge in [0, 0.05) is 32.1 Å². The molecule has 5 nitrogen and oxygen atoms in total. The molecule has 0 radical (unpaired) electrons. The Bertz CT molecular complexity index is 406. The molecule has 2 aliphatic rings. The number of aliphatic imine (C=N–C) groups is 1. The Kier molecular flexibility index (Phi) is 11.5. The molecule has 1 atom stereocenters. The van der Waals surface area contributed by atoms with Crippen molar-refractivity contribution in [1.29, 1.82) is 0 Å². The second-order valence-corrected chi connectivity index (χ2v) is 7.57. The molecule has 0 aromatic heterocycles. The van der Waals surface area contributed by atoms with Gasteiger partial charge in [-0.25, -0.2) is 0 Å². The van der Waals surface area contributed by atoms with Crippen LogP contribution >= 0.6 is 24.0 Å². The van der Waals surface area contributed by atoms with Gasteiger partial charge in [0.25, 0.3) is 0 Å². The highest BCUT2D eigenvalue weighted by Gasteiger charge is 2.22. The predicted molar refractivity (Wildman–Crippen MR) is 116 cm³/mol. The number of guanidine groups is 1. The van der Waals surface area contributed by atoms with Crippen LogP contribution in [0.2, 0.25) is 0 Å². The van der Waals surface area contributed by atoms with Gasteiger partial charge >= 0.3 is 0 Å². The summed E-state index contributed by atoms with van der Waals surface area (Å²) in [6.45, 7) is 3.02. The molecule has 0 saturated heterocycles. The lowest BCUT2D eigenvalue weighted by atomic mass is 9.85. The van der Waals surface area contributed by atoms with E-state index in [4.69, 9.17) is 0 Å². The van der Waals surface area contributed by atoms with Crippen LogP contribution in [0.15, 0.2) is 4.99 Å². The molecule has 0 aromatic carbocycles. The molecule has 2 rings (SSSR count). The van der Waals surface area contributed by atoms with Crippen molar-refractivity contribution in [3.63, 3.8) is 0 Å². The van der Waals surface area contributed by atoms with Crippen molar-refractivity contribution in [3.8, 4) is 0 Å². The van der Waals surface area contributed by atoms with Crippen molar-refractivity contribution in [2.45, 2.75) is 89.6 Å². The summed E-state index contributed by atoms with van der Waals surface area (Å²) in [6.07, 6.45) is 13.4. The molecule has 3 N–H and O–H groups in total. The summed E-state index contributed by atoms with van der Waals surface area (Å²) in [6, 6.07) is 0.904. The van der Waals surface area contributed by atoms with Crippen molar-refractivity contribution in [3.05, 3.63) is 0 Å². The van der Waals surface area contributed by atoms with Crippen LogP contribution in [-0.2, 0) is 4.79 Å². The zero-order valence-electron chi connectivity index (χ0n) is 16.0. The van der Waals surface area contributed by atoms with Crippen molar-refractivity contribution in [2.24, 2.45) is 10.9 Å². The number of rotatable bonds is 9. The maximum Gasteiger partial charge on any atom is 0.220 e. The van der Waals surface area contributed by atoms with Crippen molar-refractivity contribution in [1.82, 2.24) is 16.0 Å². The van der Waals surface area contributed by atoms with E-state index in [9.17, 15) is 4.79 Å². The van der Waals surface area contributed by atoms with Gasteiger partial charge in [0.1, 0.15) is 0 Å². The normalized spacial score (nSPS) is 19.7. The Balaban J connectivity index is 0.00000312. The maximum absolute atomic E-state index is 11.6. The minimum Gasteiger partial charge on any atom is -0.356 e. The first-order chi connectivity index (χ1) is 11.7. The van der Waals surface area contributed by atoms with Crippen LogP contribution in [0, 0.1) is 5.92 Å². The first-order valence-electron chi connectivity index (χ1n) is 9.94. The molecule has 146 valence electrons. The fourth-order valence-electron chi connectivity index (χ4n) is 3.44. The van der Waals surface area contributed by atoms with E-state index in [1.54, 1.807) is 0 Å². The highest BCUT2D eigenvalue weighted by molar-refractivity contribution is 14.0. The van der Waals surface area contributed by atoms with Gasteiger partial charge in [0.2, 0.25) is 5.91 Å². The number of nitrogens with one attached hydrogen (secondary N) is 3. The molecule has 2 aliphatic carbocycles. The number of hydrogen-bond donors (Lipinski definition) is 3. The van der Waals surface area contributed by atoms with E-state index in [0.29, 0.717) is 18.5 Å². The van der Waals surface area contributed by atoms with E-state index in [-0.39, 0.29) is 29.9 Å². The highest BCUT2D eigenvalue weighted by Crippen LogP contribution is 2.27. The predicted octanol–water partition coefficient (Wildman–Crippen LogP) is 3.58. The standard InChI is InChI=1S/C19H36N4O.HI/c1-15(10-11-16-7-4-3-5-8-16)22-19(20-2)21-14-6-9-18(24)23-17-12-13-17;/h15-17H,3-14H2,1-2H3,(H,23,24)(H2,20,21,22);1H. The first kappa shape index (κ1) is 22.5. The van der Waals surface area contributed by atoms with Crippen LogP contribution in [0.4, 0.5) is 0 Å². The average Bonchev–Trinajstić information content (AvgIpc) is 3.40. The molecule has 0 aliphatic heterocycles. The van der Waals surface area contributed by atoms with E-state index in [1.807, 2.05) is 7.05 Å². The first-order valence-corrected chi connectivity index (χ1v) is 9.94. The summed E-state index contributed by atoms with van der Waals surface area (Å²) in [7, 11) is 1.81. The van der Waals surface area contributed by atoms with E-state index in [0.717, 1.165) is 37.7 Å². The van der Waals surface area contributed by atoms with Gasteiger partial charge in [-0.05, 0) is 44.9 Å². The molecule has 0 spiro atoms. The summed E-state index contributed by atoms with van der Waals surface area (Å²) in [5, 5.41) is 9.82. The van der Waals surface area contributed by atoms with Gasteiger partial charge < -0.3 is 16.0 Å². The van der Waals surface area contributed by atoms with Crippen molar-refractivity contribution >= 4 is 35.8 Å². The minimum atomic E-state index is 0. The van der Waals surface area contributed by atoms with Crippen LogP contribution in [0.1, 0.15) is 77.6 Å². The van der Waals surface area contributed by atoms with E-state index >= 15 is 0 Å². The molecule has 0 heterocycles. The molecule has 25 heavy (non-hydrogen) atoms. The zero-order valence-corrected chi connectivity index (χ0v) is 18.3. The highest BCUT2D eigenvalue weighted by atomic mass is 127. The van der Waals surface area contributed by atoms with Gasteiger partial charge in [0.15, 0.2) is 5.96 Å². The molecule has 0 bridgehead atoms. The molecular weight excluding hydrogens is 427 g/mol. The van der Waals surface area contributed by atoms with Crippen LogP contribution < -0.4 is 16.0 Å². The second kappa shape index (κ2) is 12.8. The lowest BCUT2D eigenvalue weighted by Crippen LogP contribution is -2.42. The molecule has 6 heteroatoms. The number of carbonyl (C=O) groups is 1. The number of amides is 1. The third kappa shape index (κ3) is 10.3. The van der Waals surface area contributed by atoms with E-state index < -0.39 is 0 Å². The fourth-order valence-corrected chi connectivity index (χ4v) is 3.44. The SMILES string of the molecule is CN=C(NCCCC(=O)NC1CC1)NC(C)CCC1CCCCC1.I. The maximum atomic E-state index is 11.6. The smallest absolute Gasteiger partial charge is 0.220 e. The molecule has 1 unspecified atom stereocenters. The third-order valence-electron chi connectivity index (χ3n) is 5.15. The van der Waals surface area contributed by atoms with Gasteiger partial charge in [-0.2, -0.15) is 0 Å². The van der Waals surface area contributed by atoms with Crippen molar-refractivity contribution < 1.29 is 4.79 Å². The summed E-state index contributed by atoms with van der Waals surface area (Å²) >= 11 is 0. The Labute approximate surface area is 170 Å². The minimum absolute atomic E-state index is 0. The second-order valence-electron chi connectivity index (χ2n) is 7.57. The number of carbonyl (C=O) groups excluding carboxylic acids is 1. The van der Waals surface area contributed by atoms with Crippen LogP contribution in [0.3, 0.4) is 0 Å². The Morgan fingerprint density at radius 1 is 1.16 bits per heavy atom. The molecular formula is C19H37IN4O. The lowest BCUT2D eigenvalue weighted by molar-refractivity contribution is -0.121. The Morgan fingerprint density at radius 2 is 1.88 bits per heavy atom. The lowest BCUT2D eigenvalue weighted by Gasteiger charge is -2.24. The summed E-state index contributed by atoms with van der Waals surface area (Å²) in [4.78, 5) is 15.9. The molecule has 0 aromatic rings. The number of halogens is 1. The molecule has 2 saturated carbocycles. The van der Waals surface area contributed by atoms with Crippen LogP contribution in [0.5, 0.6) is 0 Å². The largest absolute Gasteiger partial charge is 0.356 e. The fraction of sp³-hybridized carbons (Fsp3) is 0.895. The monoisotopic (exact) mass is 464 g/mol. The third-order valence-corrected chi connectivity index (χ3v) is 5.15. The van der Waals surface area contributed by atoms with Crippen LogP contribution in [-0.4, -0.2) is 37.5 Å². The Hall–Kier alpha value is -0.530. The van der Waals surface area contributed by atoms with Gasteiger partial charge in [-0.15, -0.1) is 24.0 Å². The van der Waals surface area contributed by atoms with Crippen LogP contribution in [0.25, 0.3) is 0 Å². The molecule has 2 fully saturated rings. The summed E-state index contributed by atoms with van der Waals surface area (Å²) < 4.78 is 0. The quantitative estimate of drug-likeness (QED) is 0.212. The van der Waals surface area contributed by atoms with Gasteiger partial charge in [-0.1, -0.05) is 32.1 Å². The number of hydrogen-bond acceptors (Lipinski definition) is 2. The van der Waals surface area contributed by atoms with Crippen molar-refractivity contribution in [2.75, 3.05) is 13.6 Å². The summed E-state index contributed by atoms with van der Waals surface area (Å²) in [5.41, 5.74) is 0. The number of nitrogens with zero attached hydrogens (tertiary/aromatic N) is 1. The Morgan fingerprint density at radius 3 is 2.52 bits per heavy atom. The average molecular weight is 464 g/mol. The van der Waals surface area contributed by atoms with E-state index in [1.165, 1.54) is 44.9 Å².